The van der Waals surface area contributed by atoms with Crippen molar-refractivity contribution in [2.75, 3.05) is 10.6 Å². The van der Waals surface area contributed by atoms with Gasteiger partial charge in [0.25, 0.3) is 5.91 Å². The summed E-state index contributed by atoms with van der Waals surface area (Å²) in [6.07, 6.45) is 2.76. The molecule has 1 aromatic heterocycles. The van der Waals surface area contributed by atoms with Gasteiger partial charge in [-0.05, 0) is 66.2 Å². The highest BCUT2D eigenvalue weighted by Gasteiger charge is 2.08. The zero-order valence-corrected chi connectivity index (χ0v) is 15.3. The molecule has 0 saturated heterocycles. The van der Waals surface area contributed by atoms with Crippen molar-refractivity contribution >= 4 is 45.0 Å². The van der Waals surface area contributed by atoms with E-state index in [1.165, 1.54) is 19.9 Å². The molecule has 0 unspecified atom stereocenters. The number of hydrogen-bond acceptors (Lipinski definition) is 4. The fourth-order valence-electron chi connectivity index (χ4n) is 1.89. The maximum Gasteiger partial charge on any atom is 0.252 e. The highest BCUT2D eigenvalue weighted by molar-refractivity contribution is 9.10. The second-order valence-electron chi connectivity index (χ2n) is 5.27. The third-order valence-corrected chi connectivity index (χ3v) is 3.70. The number of aromatic nitrogens is 1. The maximum absolute atomic E-state index is 12.1. The molecule has 0 saturated carbocycles. The predicted octanol–water partition coefficient (Wildman–Crippen LogP) is 3.57. The molecule has 0 atom stereocenters. The van der Waals surface area contributed by atoms with Gasteiger partial charge < -0.3 is 10.6 Å². The highest BCUT2D eigenvalue weighted by atomic mass is 79.9. The zero-order valence-electron chi connectivity index (χ0n) is 13.7. The molecule has 25 heavy (non-hydrogen) atoms. The fourth-order valence-corrected chi connectivity index (χ4v) is 2.13. The summed E-state index contributed by atoms with van der Waals surface area (Å²) in [5, 5.41) is 5.24. The lowest BCUT2D eigenvalue weighted by molar-refractivity contribution is -0.114. The summed E-state index contributed by atoms with van der Waals surface area (Å²) in [6.45, 7) is 3.01. The third kappa shape index (κ3) is 5.65. The summed E-state index contributed by atoms with van der Waals surface area (Å²) in [5.74, 6) is -0.517. The number of benzene rings is 1. The van der Waals surface area contributed by atoms with Crippen LogP contribution in [0.5, 0.6) is 0 Å². The minimum Gasteiger partial charge on any atom is -0.323 e. The molecule has 7 heteroatoms. The topological polar surface area (TPSA) is 88.2 Å². The highest BCUT2D eigenvalue weighted by Crippen LogP contribution is 2.12. The Morgan fingerprint density at radius 3 is 2.24 bits per heavy atom. The Balaban J connectivity index is 1.97. The van der Waals surface area contributed by atoms with E-state index in [0.717, 1.165) is 4.47 Å². The van der Waals surface area contributed by atoms with Gasteiger partial charge in [-0.25, -0.2) is 4.98 Å². The van der Waals surface area contributed by atoms with Crippen molar-refractivity contribution in [2.24, 2.45) is 0 Å². The minimum atomic E-state index is -0.438. The summed E-state index contributed by atoms with van der Waals surface area (Å²) < 4.78 is 0.799. The Labute approximate surface area is 153 Å². The molecule has 0 fully saturated rings. The number of carbonyl (C=O) groups is 3. The minimum absolute atomic E-state index is 0.0492. The van der Waals surface area contributed by atoms with Crippen LogP contribution in [0, 0.1) is 0 Å². The van der Waals surface area contributed by atoms with Crippen LogP contribution in [-0.2, 0) is 9.59 Å². The first-order chi connectivity index (χ1) is 11.8. The van der Waals surface area contributed by atoms with Gasteiger partial charge in [-0.3, -0.25) is 14.4 Å². The molecule has 2 N–H and O–H groups in total. The van der Waals surface area contributed by atoms with Crippen LogP contribution in [0.2, 0.25) is 0 Å². The number of halogens is 1. The number of nitrogens with one attached hydrogen (secondary N) is 2. The number of ketones is 1. The van der Waals surface area contributed by atoms with Crippen molar-refractivity contribution in [3.05, 3.63) is 64.3 Å². The van der Waals surface area contributed by atoms with Gasteiger partial charge >= 0.3 is 0 Å². The van der Waals surface area contributed by atoms with Crippen molar-refractivity contribution in [2.45, 2.75) is 13.8 Å². The van der Waals surface area contributed by atoms with Crippen molar-refractivity contribution in [1.29, 1.82) is 0 Å². The standard InChI is InChI=1S/C18H16BrN3O3/c1-11(18(25)22-16-8-5-14(19)10-20-16)9-17(24)21-15-6-3-13(4-7-15)12(2)23/h3-10H,1-2H3,(H,21,24)(H,20,22,25)/b11-9+. The molecule has 0 radical (unpaired) electrons. The van der Waals surface area contributed by atoms with Gasteiger partial charge in [-0.2, -0.15) is 0 Å². The largest absolute Gasteiger partial charge is 0.323 e. The van der Waals surface area contributed by atoms with Crippen LogP contribution < -0.4 is 10.6 Å². The first kappa shape index (κ1) is 18.5. The molecule has 1 aromatic carbocycles. The van der Waals surface area contributed by atoms with E-state index in [9.17, 15) is 14.4 Å². The molecular formula is C18H16BrN3O3. The number of carbonyl (C=O) groups excluding carboxylic acids is 3. The lowest BCUT2D eigenvalue weighted by Gasteiger charge is -2.06. The van der Waals surface area contributed by atoms with E-state index in [1.807, 2.05) is 0 Å². The number of hydrogen-bond donors (Lipinski definition) is 2. The van der Waals surface area contributed by atoms with E-state index in [0.29, 0.717) is 17.1 Å². The summed E-state index contributed by atoms with van der Waals surface area (Å²) in [5.41, 5.74) is 1.34. The van der Waals surface area contributed by atoms with E-state index in [1.54, 1.807) is 42.6 Å². The average Bonchev–Trinajstić information content (AvgIpc) is 2.57. The molecule has 2 amide bonds. The third-order valence-electron chi connectivity index (χ3n) is 3.23. The van der Waals surface area contributed by atoms with Gasteiger partial charge in [-0.15, -0.1) is 0 Å². The monoisotopic (exact) mass is 401 g/mol. The van der Waals surface area contributed by atoms with Gasteiger partial charge in [0.2, 0.25) is 5.91 Å². The molecule has 0 aliphatic rings. The van der Waals surface area contributed by atoms with Gasteiger partial charge in [0, 0.05) is 33.6 Å². The van der Waals surface area contributed by atoms with Crippen LogP contribution >= 0.6 is 15.9 Å². The Hall–Kier alpha value is -2.80. The van der Waals surface area contributed by atoms with Crippen molar-refractivity contribution in [1.82, 2.24) is 4.98 Å². The van der Waals surface area contributed by atoms with Crippen LogP contribution in [0.4, 0.5) is 11.5 Å². The second kappa shape index (κ2) is 8.34. The number of rotatable bonds is 5. The Morgan fingerprint density at radius 1 is 1.00 bits per heavy atom. The van der Waals surface area contributed by atoms with E-state index >= 15 is 0 Å². The van der Waals surface area contributed by atoms with E-state index < -0.39 is 11.8 Å². The SMILES string of the molecule is CC(=O)c1ccc(NC(=O)/C=C(\C)C(=O)Nc2ccc(Br)cn2)cc1. The van der Waals surface area contributed by atoms with Gasteiger partial charge in [0.1, 0.15) is 5.82 Å². The van der Waals surface area contributed by atoms with Crippen LogP contribution in [0.1, 0.15) is 24.2 Å². The molecule has 0 aliphatic heterocycles. The summed E-state index contributed by atoms with van der Waals surface area (Å²) in [4.78, 5) is 39.3. The summed E-state index contributed by atoms with van der Waals surface area (Å²) in [6, 6.07) is 9.90. The molecule has 1 heterocycles. The van der Waals surface area contributed by atoms with Crippen molar-refractivity contribution in [3.63, 3.8) is 0 Å². The number of anilines is 2. The first-order valence-electron chi connectivity index (χ1n) is 7.38. The lowest BCUT2D eigenvalue weighted by Crippen LogP contribution is -2.16. The Bertz CT molecular complexity index is 828. The first-order valence-corrected chi connectivity index (χ1v) is 8.17. The summed E-state index contributed by atoms with van der Waals surface area (Å²) in [7, 11) is 0. The van der Waals surface area contributed by atoms with Crippen LogP contribution in [0.15, 0.2) is 58.7 Å². The number of nitrogens with zero attached hydrogens (tertiary/aromatic N) is 1. The van der Waals surface area contributed by atoms with Gasteiger partial charge in [-0.1, -0.05) is 0 Å². The second-order valence-corrected chi connectivity index (χ2v) is 6.18. The van der Waals surface area contributed by atoms with Crippen LogP contribution in [0.25, 0.3) is 0 Å². The predicted molar refractivity (Wildman–Crippen MR) is 99.4 cm³/mol. The lowest BCUT2D eigenvalue weighted by atomic mass is 10.1. The maximum atomic E-state index is 12.1. The van der Waals surface area contributed by atoms with Gasteiger partial charge in [0.05, 0.1) is 0 Å². The Kier molecular flexibility index (Phi) is 6.19. The van der Waals surface area contributed by atoms with Crippen molar-refractivity contribution in [3.8, 4) is 0 Å². The fraction of sp³-hybridized carbons (Fsp3) is 0.111. The molecular weight excluding hydrogens is 386 g/mol. The molecule has 2 rings (SSSR count). The van der Waals surface area contributed by atoms with E-state index in [4.69, 9.17) is 0 Å². The molecule has 0 spiro atoms. The number of amides is 2. The average molecular weight is 402 g/mol. The number of pyridine rings is 1. The molecule has 0 bridgehead atoms. The quantitative estimate of drug-likeness (QED) is 0.591. The van der Waals surface area contributed by atoms with E-state index in [-0.39, 0.29) is 11.4 Å². The normalized spacial score (nSPS) is 10.9. The molecule has 128 valence electrons. The van der Waals surface area contributed by atoms with E-state index in [2.05, 4.69) is 31.5 Å². The summed E-state index contributed by atoms with van der Waals surface area (Å²) >= 11 is 3.26. The Morgan fingerprint density at radius 2 is 1.68 bits per heavy atom. The smallest absolute Gasteiger partial charge is 0.252 e. The molecule has 2 aromatic rings. The zero-order chi connectivity index (χ0) is 18.4. The number of Topliss-reactive ketones (excluding diaryl/α,β-unsaturated/α-hetero) is 1. The van der Waals surface area contributed by atoms with Crippen LogP contribution in [-0.4, -0.2) is 22.6 Å². The van der Waals surface area contributed by atoms with Crippen molar-refractivity contribution < 1.29 is 14.4 Å². The van der Waals surface area contributed by atoms with Crippen LogP contribution in [0.3, 0.4) is 0 Å². The molecule has 0 aliphatic carbocycles. The molecule has 6 nitrogen and oxygen atoms in total. The van der Waals surface area contributed by atoms with Gasteiger partial charge in [0.15, 0.2) is 5.78 Å².